The van der Waals surface area contributed by atoms with E-state index in [-0.39, 0.29) is 23.8 Å². The van der Waals surface area contributed by atoms with Crippen molar-refractivity contribution in [2.75, 3.05) is 16.8 Å². The van der Waals surface area contributed by atoms with Gasteiger partial charge in [0.1, 0.15) is 6.04 Å². The number of hydrogen-bond acceptors (Lipinski definition) is 4. The molecule has 2 aromatic rings. The zero-order chi connectivity index (χ0) is 23.3. The number of fused-ring (bicyclic) bond motifs is 5. The molecule has 7 heteroatoms. The van der Waals surface area contributed by atoms with Gasteiger partial charge in [-0.25, -0.2) is 0 Å². The van der Waals surface area contributed by atoms with Crippen LogP contribution in [0.25, 0.3) is 5.57 Å². The topological polar surface area (TPSA) is 69.7 Å². The Hall–Kier alpha value is -3.12. The minimum atomic E-state index is -0.788. The molecule has 0 bridgehead atoms. The van der Waals surface area contributed by atoms with Gasteiger partial charge in [0.2, 0.25) is 17.7 Å². The predicted molar refractivity (Wildman–Crippen MR) is 129 cm³/mol. The van der Waals surface area contributed by atoms with E-state index >= 15 is 0 Å². The van der Waals surface area contributed by atoms with Gasteiger partial charge in [-0.3, -0.25) is 19.3 Å². The third-order valence-corrected chi connectivity index (χ3v) is 7.21. The smallest absolute Gasteiger partial charge is 0.247 e. The highest BCUT2D eigenvalue weighted by Crippen LogP contribution is 2.50. The van der Waals surface area contributed by atoms with Crippen LogP contribution in [0.5, 0.6) is 0 Å². The number of allylic oxidation sites excluding steroid dienone is 1. The Morgan fingerprint density at radius 3 is 2.45 bits per heavy atom. The number of likely N-dealkylation sites (tertiary alicyclic amines) is 1. The number of unbranched alkanes of at least 4 members (excludes halogenated alkanes) is 1. The van der Waals surface area contributed by atoms with E-state index < -0.39 is 17.9 Å². The fraction of sp³-hybridized carbons (Fsp3) is 0.346. The molecular formula is C26H26ClN3O3. The second-order valence-corrected chi connectivity index (χ2v) is 9.38. The molecule has 2 saturated heterocycles. The van der Waals surface area contributed by atoms with Crippen LogP contribution in [0.1, 0.15) is 32.3 Å². The van der Waals surface area contributed by atoms with Crippen molar-refractivity contribution in [2.45, 2.75) is 38.8 Å². The van der Waals surface area contributed by atoms with Gasteiger partial charge in [-0.1, -0.05) is 49.2 Å². The summed E-state index contributed by atoms with van der Waals surface area (Å²) in [5, 5.41) is 3.52. The molecule has 0 saturated carbocycles. The van der Waals surface area contributed by atoms with Crippen molar-refractivity contribution < 1.29 is 14.4 Å². The summed E-state index contributed by atoms with van der Waals surface area (Å²) in [7, 11) is 0. The molecule has 170 valence electrons. The molecule has 2 fully saturated rings. The number of nitrogens with one attached hydrogen (secondary N) is 1. The minimum absolute atomic E-state index is 0.168. The molecule has 0 aromatic heterocycles. The van der Waals surface area contributed by atoms with E-state index in [0.29, 0.717) is 17.3 Å². The summed E-state index contributed by atoms with van der Waals surface area (Å²) in [5.41, 5.74) is 3.55. The van der Waals surface area contributed by atoms with Crippen molar-refractivity contribution in [3.63, 3.8) is 0 Å². The third kappa shape index (κ3) is 3.44. The van der Waals surface area contributed by atoms with Gasteiger partial charge in [0.15, 0.2) is 0 Å². The molecule has 2 aromatic carbocycles. The van der Waals surface area contributed by atoms with Crippen LogP contribution in [0, 0.1) is 11.8 Å². The first kappa shape index (κ1) is 21.7. The standard InChI is InChI=1S/C26H26ClN3O3/c1-3-4-13-29-25(32)21-20-14-15(2)18-7-5-6-8-19(18)30(20)23(22(21)26(29)33)24(31)28-17-11-9-16(27)10-12-17/h5-12,14,20-23H,3-4,13H2,1-2H3,(H,28,31)/t20-,21-,22-,23+/m1/s1. The molecule has 5 rings (SSSR count). The van der Waals surface area contributed by atoms with Crippen LogP contribution in [-0.4, -0.2) is 41.2 Å². The maximum absolute atomic E-state index is 13.7. The van der Waals surface area contributed by atoms with Crippen molar-refractivity contribution in [3.05, 3.63) is 65.2 Å². The van der Waals surface area contributed by atoms with Crippen molar-refractivity contribution in [1.29, 1.82) is 0 Å². The van der Waals surface area contributed by atoms with Gasteiger partial charge >= 0.3 is 0 Å². The molecule has 33 heavy (non-hydrogen) atoms. The van der Waals surface area contributed by atoms with Crippen molar-refractivity contribution in [3.8, 4) is 0 Å². The number of imide groups is 1. The fourth-order valence-electron chi connectivity index (χ4n) is 5.45. The number of carbonyl (C=O) groups excluding carboxylic acids is 3. The van der Waals surface area contributed by atoms with E-state index in [1.807, 2.05) is 49.1 Å². The van der Waals surface area contributed by atoms with Crippen LogP contribution in [0.4, 0.5) is 11.4 Å². The molecule has 4 atom stereocenters. The Labute approximate surface area is 198 Å². The summed E-state index contributed by atoms with van der Waals surface area (Å²) in [4.78, 5) is 44.0. The number of nitrogens with zero attached hydrogens (tertiary/aromatic N) is 2. The van der Waals surface area contributed by atoms with E-state index in [9.17, 15) is 14.4 Å². The molecule has 6 nitrogen and oxygen atoms in total. The molecule has 0 unspecified atom stereocenters. The number of benzene rings is 2. The summed E-state index contributed by atoms with van der Waals surface area (Å²) in [6, 6.07) is 13.6. The molecule has 1 N–H and O–H groups in total. The Morgan fingerprint density at radius 2 is 1.73 bits per heavy atom. The van der Waals surface area contributed by atoms with E-state index in [4.69, 9.17) is 11.6 Å². The largest absolute Gasteiger partial charge is 0.351 e. The number of para-hydroxylation sites is 1. The number of rotatable bonds is 5. The lowest BCUT2D eigenvalue weighted by Gasteiger charge is -2.37. The molecule has 3 amide bonds. The normalized spacial score (nSPS) is 25.5. The first-order valence-corrected chi connectivity index (χ1v) is 11.8. The zero-order valence-corrected chi connectivity index (χ0v) is 19.4. The lowest BCUT2D eigenvalue weighted by atomic mass is 9.87. The molecule has 3 aliphatic rings. The summed E-state index contributed by atoms with van der Waals surface area (Å²) in [6.45, 7) is 4.45. The van der Waals surface area contributed by atoms with E-state index in [2.05, 4.69) is 5.32 Å². The van der Waals surface area contributed by atoms with Gasteiger partial charge in [0.25, 0.3) is 0 Å². The predicted octanol–water partition coefficient (Wildman–Crippen LogP) is 4.35. The van der Waals surface area contributed by atoms with Crippen LogP contribution < -0.4 is 10.2 Å². The summed E-state index contributed by atoms with van der Waals surface area (Å²) < 4.78 is 0. The van der Waals surface area contributed by atoms with Crippen molar-refractivity contribution >= 4 is 46.3 Å². The molecular weight excluding hydrogens is 438 g/mol. The SMILES string of the molecule is CCCCN1C(=O)[C@@H]2[C@H](C1=O)[C@H]1C=C(C)c3ccccc3N1[C@@H]2C(=O)Nc1ccc(Cl)cc1. The molecule has 0 radical (unpaired) electrons. The van der Waals surface area contributed by atoms with Gasteiger partial charge < -0.3 is 10.2 Å². The number of anilines is 2. The van der Waals surface area contributed by atoms with E-state index in [1.165, 1.54) is 4.90 Å². The highest BCUT2D eigenvalue weighted by molar-refractivity contribution is 6.30. The maximum Gasteiger partial charge on any atom is 0.247 e. The van der Waals surface area contributed by atoms with Gasteiger partial charge in [0.05, 0.1) is 17.9 Å². The number of amides is 3. The van der Waals surface area contributed by atoms with Crippen LogP contribution in [0.2, 0.25) is 5.02 Å². The monoisotopic (exact) mass is 463 g/mol. The summed E-state index contributed by atoms with van der Waals surface area (Å²) in [6.07, 6.45) is 3.68. The highest BCUT2D eigenvalue weighted by atomic mass is 35.5. The Kier molecular flexibility index (Phi) is 5.49. The fourth-order valence-corrected chi connectivity index (χ4v) is 5.57. The average molecular weight is 464 g/mol. The maximum atomic E-state index is 13.7. The highest BCUT2D eigenvalue weighted by Gasteiger charge is 2.64. The van der Waals surface area contributed by atoms with Gasteiger partial charge in [-0.2, -0.15) is 0 Å². The average Bonchev–Trinajstić information content (AvgIpc) is 3.27. The second-order valence-electron chi connectivity index (χ2n) is 8.94. The zero-order valence-electron chi connectivity index (χ0n) is 18.6. The minimum Gasteiger partial charge on any atom is -0.351 e. The quantitative estimate of drug-likeness (QED) is 0.669. The Morgan fingerprint density at radius 1 is 1.03 bits per heavy atom. The lowest BCUT2D eigenvalue weighted by molar-refractivity contribution is -0.141. The number of hydrogen-bond donors (Lipinski definition) is 1. The van der Waals surface area contributed by atoms with Gasteiger partial charge in [-0.05, 0) is 49.2 Å². The van der Waals surface area contributed by atoms with Gasteiger partial charge in [0, 0.05) is 28.5 Å². The van der Waals surface area contributed by atoms with E-state index in [1.54, 1.807) is 24.3 Å². The Bertz CT molecular complexity index is 1160. The first-order valence-electron chi connectivity index (χ1n) is 11.4. The van der Waals surface area contributed by atoms with Gasteiger partial charge in [-0.15, -0.1) is 0 Å². The van der Waals surface area contributed by atoms with Crippen LogP contribution >= 0.6 is 11.6 Å². The number of carbonyl (C=O) groups is 3. The van der Waals surface area contributed by atoms with Crippen molar-refractivity contribution in [1.82, 2.24) is 4.90 Å². The lowest BCUT2D eigenvalue weighted by Crippen LogP contribution is -2.50. The summed E-state index contributed by atoms with van der Waals surface area (Å²) >= 11 is 5.99. The van der Waals surface area contributed by atoms with Crippen LogP contribution in [0.3, 0.4) is 0 Å². The first-order chi connectivity index (χ1) is 15.9. The Balaban J connectivity index is 1.57. The molecule has 0 spiro atoms. The molecule has 3 aliphatic heterocycles. The van der Waals surface area contributed by atoms with Crippen LogP contribution in [-0.2, 0) is 14.4 Å². The van der Waals surface area contributed by atoms with Crippen molar-refractivity contribution in [2.24, 2.45) is 11.8 Å². The molecule has 3 heterocycles. The molecule has 0 aliphatic carbocycles. The third-order valence-electron chi connectivity index (χ3n) is 6.96. The summed E-state index contributed by atoms with van der Waals surface area (Å²) in [5.74, 6) is -2.00. The van der Waals surface area contributed by atoms with Crippen LogP contribution in [0.15, 0.2) is 54.6 Å². The second kappa shape index (κ2) is 8.34. The van der Waals surface area contributed by atoms with E-state index in [0.717, 1.165) is 29.7 Å². The number of halogens is 1.